The number of aromatic nitrogens is 2. The Labute approximate surface area is 169 Å². The Hall–Kier alpha value is -2.29. The molecule has 0 spiro atoms. The molecule has 2 aliphatic rings. The number of hydrogen-bond acceptors (Lipinski definition) is 5. The Morgan fingerprint density at radius 1 is 1.24 bits per heavy atom. The minimum atomic E-state index is -0.595. The van der Waals surface area contributed by atoms with Crippen LogP contribution in [-0.2, 0) is 11.8 Å². The van der Waals surface area contributed by atoms with E-state index in [1.807, 2.05) is 0 Å². The number of morpholine rings is 1. The molecule has 2 aromatic rings. The maximum absolute atomic E-state index is 13.2. The number of ether oxygens (including phenoxy) is 1. The number of halogens is 1. The molecule has 1 aliphatic heterocycles. The molecule has 1 amide bonds. The van der Waals surface area contributed by atoms with Gasteiger partial charge in [0.2, 0.25) is 0 Å². The summed E-state index contributed by atoms with van der Waals surface area (Å²) in [5.74, 6) is -0.530. The van der Waals surface area contributed by atoms with Crippen LogP contribution in [0.3, 0.4) is 0 Å². The van der Waals surface area contributed by atoms with Crippen LogP contribution in [0.2, 0.25) is 0 Å². The molecule has 1 aromatic carbocycles. The second-order valence-electron chi connectivity index (χ2n) is 7.81. The highest BCUT2D eigenvalue weighted by Crippen LogP contribution is 2.30. The fourth-order valence-corrected chi connectivity index (χ4v) is 4.46. The minimum absolute atomic E-state index is 0.0534. The molecule has 1 aliphatic carbocycles. The van der Waals surface area contributed by atoms with Crippen LogP contribution in [0.4, 0.5) is 4.39 Å². The van der Waals surface area contributed by atoms with E-state index in [1.165, 1.54) is 12.1 Å². The highest BCUT2D eigenvalue weighted by Gasteiger charge is 2.42. The number of amides is 1. The van der Waals surface area contributed by atoms with E-state index in [4.69, 9.17) is 4.74 Å². The van der Waals surface area contributed by atoms with E-state index >= 15 is 0 Å². The molecule has 1 saturated carbocycles. The summed E-state index contributed by atoms with van der Waals surface area (Å²) in [7, 11) is 3.48. The number of nitrogens with zero attached hydrogens (tertiary/aromatic N) is 4. The molecule has 8 heteroatoms. The van der Waals surface area contributed by atoms with Crippen molar-refractivity contribution in [1.29, 1.82) is 0 Å². The lowest BCUT2D eigenvalue weighted by Crippen LogP contribution is -2.51. The van der Waals surface area contributed by atoms with Crippen molar-refractivity contribution in [2.45, 2.75) is 31.0 Å². The topological polar surface area (TPSA) is 70.8 Å². The van der Waals surface area contributed by atoms with Crippen molar-refractivity contribution in [3.63, 3.8) is 0 Å². The van der Waals surface area contributed by atoms with Crippen LogP contribution < -0.4 is 0 Å². The van der Waals surface area contributed by atoms with Gasteiger partial charge in [0.25, 0.3) is 5.91 Å². The van der Waals surface area contributed by atoms with E-state index in [0.717, 1.165) is 37.2 Å². The summed E-state index contributed by atoms with van der Waals surface area (Å²) in [5, 5.41) is 15.3. The average molecular weight is 402 g/mol. The van der Waals surface area contributed by atoms with Crippen LogP contribution >= 0.6 is 0 Å². The standard InChI is InChI=1S/C21H27FN4O3/c1-24(17-7-8-18(20(17)27)26-9-11-29-12-10-26)21(28)16-13-19(25(2)23-16)14-3-5-15(22)6-4-14/h3-6,13,17-18,20,27H,7-12H2,1-2H3/t17-,18-,20-/m1/s1. The van der Waals surface area contributed by atoms with E-state index < -0.39 is 6.10 Å². The summed E-state index contributed by atoms with van der Waals surface area (Å²) < 4.78 is 20.2. The zero-order chi connectivity index (χ0) is 20.5. The Morgan fingerprint density at radius 2 is 1.93 bits per heavy atom. The highest BCUT2D eigenvalue weighted by molar-refractivity contribution is 5.93. The smallest absolute Gasteiger partial charge is 0.274 e. The quantitative estimate of drug-likeness (QED) is 0.840. The van der Waals surface area contributed by atoms with Crippen LogP contribution in [0, 0.1) is 5.82 Å². The Balaban J connectivity index is 1.48. The van der Waals surface area contributed by atoms with Gasteiger partial charge >= 0.3 is 0 Å². The predicted molar refractivity (Wildman–Crippen MR) is 106 cm³/mol. The number of rotatable bonds is 4. The van der Waals surface area contributed by atoms with Crippen LogP contribution in [-0.4, -0.2) is 82.1 Å². The third kappa shape index (κ3) is 3.92. The number of aliphatic hydroxyl groups is 1. The molecule has 3 atom stereocenters. The molecule has 156 valence electrons. The highest BCUT2D eigenvalue weighted by atomic mass is 19.1. The zero-order valence-electron chi connectivity index (χ0n) is 16.8. The van der Waals surface area contributed by atoms with Gasteiger partial charge in [-0.2, -0.15) is 5.10 Å². The maximum Gasteiger partial charge on any atom is 0.274 e. The molecular formula is C21H27FN4O3. The summed E-state index contributed by atoms with van der Waals surface area (Å²) >= 11 is 0. The lowest BCUT2D eigenvalue weighted by molar-refractivity contribution is -0.0232. The third-order valence-corrected chi connectivity index (χ3v) is 6.12. The molecule has 0 bridgehead atoms. The molecular weight excluding hydrogens is 375 g/mol. The van der Waals surface area contributed by atoms with E-state index in [2.05, 4.69) is 10.00 Å². The van der Waals surface area contributed by atoms with E-state index in [9.17, 15) is 14.3 Å². The molecule has 0 unspecified atom stereocenters. The van der Waals surface area contributed by atoms with Crippen molar-refractivity contribution in [2.24, 2.45) is 7.05 Å². The van der Waals surface area contributed by atoms with Crippen molar-refractivity contribution in [1.82, 2.24) is 19.6 Å². The minimum Gasteiger partial charge on any atom is -0.389 e. The SMILES string of the molecule is CN(C(=O)c1cc(-c2ccc(F)cc2)n(C)n1)[C@@H]1CC[C@@H](N2CCOCC2)[C@@H]1O. The first-order chi connectivity index (χ1) is 14.0. The van der Waals surface area contributed by atoms with Gasteiger partial charge < -0.3 is 14.7 Å². The summed E-state index contributed by atoms with van der Waals surface area (Å²) in [6, 6.07) is 7.63. The lowest BCUT2D eigenvalue weighted by atomic mass is 10.1. The Morgan fingerprint density at radius 3 is 2.62 bits per heavy atom. The zero-order valence-corrected chi connectivity index (χ0v) is 16.8. The first-order valence-corrected chi connectivity index (χ1v) is 10.0. The number of aliphatic hydroxyl groups excluding tert-OH is 1. The van der Waals surface area contributed by atoms with Gasteiger partial charge in [0.1, 0.15) is 5.82 Å². The number of carbonyl (C=O) groups excluding carboxylic acids is 1. The average Bonchev–Trinajstić information content (AvgIpc) is 3.31. The van der Waals surface area contributed by atoms with Crippen molar-refractivity contribution in [2.75, 3.05) is 33.4 Å². The summed E-state index contributed by atoms with van der Waals surface area (Å²) in [4.78, 5) is 16.9. The number of benzene rings is 1. The second-order valence-corrected chi connectivity index (χ2v) is 7.81. The van der Waals surface area contributed by atoms with E-state index in [0.29, 0.717) is 18.9 Å². The Kier molecular flexibility index (Phi) is 5.67. The van der Waals surface area contributed by atoms with Gasteiger partial charge in [0, 0.05) is 33.2 Å². The molecule has 2 fully saturated rings. The van der Waals surface area contributed by atoms with Crippen LogP contribution in [0.5, 0.6) is 0 Å². The van der Waals surface area contributed by atoms with Gasteiger partial charge in [-0.1, -0.05) is 0 Å². The number of aryl methyl sites for hydroxylation is 1. The largest absolute Gasteiger partial charge is 0.389 e. The fourth-order valence-electron chi connectivity index (χ4n) is 4.46. The van der Waals surface area contributed by atoms with Gasteiger partial charge in [-0.25, -0.2) is 4.39 Å². The Bertz CT molecular complexity index is 863. The molecule has 1 aromatic heterocycles. The molecule has 7 nitrogen and oxygen atoms in total. The van der Waals surface area contributed by atoms with Crippen molar-refractivity contribution >= 4 is 5.91 Å². The van der Waals surface area contributed by atoms with Crippen molar-refractivity contribution in [3.8, 4) is 11.3 Å². The number of hydrogen-bond donors (Lipinski definition) is 1. The van der Waals surface area contributed by atoms with E-state index in [-0.39, 0.29) is 23.8 Å². The molecule has 1 saturated heterocycles. The van der Waals surface area contributed by atoms with Gasteiger partial charge in [-0.05, 0) is 48.7 Å². The third-order valence-electron chi connectivity index (χ3n) is 6.12. The second kappa shape index (κ2) is 8.22. The maximum atomic E-state index is 13.2. The van der Waals surface area contributed by atoms with Gasteiger partial charge in [0.05, 0.1) is 31.1 Å². The fraction of sp³-hybridized carbons (Fsp3) is 0.524. The van der Waals surface area contributed by atoms with Gasteiger partial charge in [-0.15, -0.1) is 0 Å². The number of likely N-dealkylation sites (N-methyl/N-ethyl adjacent to an activating group) is 1. The molecule has 29 heavy (non-hydrogen) atoms. The predicted octanol–water partition coefficient (Wildman–Crippen LogP) is 1.52. The first-order valence-electron chi connectivity index (χ1n) is 10.0. The van der Waals surface area contributed by atoms with Crippen LogP contribution in [0.15, 0.2) is 30.3 Å². The van der Waals surface area contributed by atoms with Crippen molar-refractivity contribution < 1.29 is 19.0 Å². The summed E-state index contributed by atoms with van der Waals surface area (Å²) in [5.41, 5.74) is 1.84. The van der Waals surface area contributed by atoms with E-state index in [1.54, 1.807) is 41.9 Å². The molecule has 0 radical (unpaired) electrons. The first kappa shape index (κ1) is 20.0. The molecule has 1 N–H and O–H groups in total. The summed E-state index contributed by atoms with van der Waals surface area (Å²) in [6.45, 7) is 2.99. The lowest BCUT2D eigenvalue weighted by Gasteiger charge is -2.36. The summed E-state index contributed by atoms with van der Waals surface area (Å²) in [6.07, 6.45) is 1.01. The molecule has 2 heterocycles. The van der Waals surface area contributed by atoms with Crippen LogP contribution in [0.25, 0.3) is 11.3 Å². The normalized spacial score (nSPS) is 25.3. The van der Waals surface area contributed by atoms with Gasteiger partial charge in [0.15, 0.2) is 5.69 Å². The van der Waals surface area contributed by atoms with Gasteiger partial charge in [-0.3, -0.25) is 14.4 Å². The van der Waals surface area contributed by atoms with Crippen LogP contribution in [0.1, 0.15) is 23.3 Å². The monoisotopic (exact) mass is 402 g/mol. The van der Waals surface area contributed by atoms with Crippen molar-refractivity contribution in [3.05, 3.63) is 41.8 Å². The molecule has 4 rings (SSSR count). The number of carbonyl (C=O) groups is 1.